The van der Waals surface area contributed by atoms with Gasteiger partial charge in [-0.25, -0.2) is 18.2 Å². The smallest absolute Gasteiger partial charge is 0.318 e. The molecule has 3 rings (SSSR count). The van der Waals surface area contributed by atoms with E-state index >= 15 is 0 Å². The normalized spacial score (nSPS) is 11.9. The van der Waals surface area contributed by atoms with Gasteiger partial charge in [-0.2, -0.15) is 17.0 Å². The van der Waals surface area contributed by atoms with Gasteiger partial charge in [0.1, 0.15) is 36.2 Å². The largest absolute Gasteiger partial charge is 0.487 e. The lowest BCUT2D eigenvalue weighted by molar-refractivity contribution is -0.137. The molecular weight excluding hydrogens is 527 g/mol. The van der Waals surface area contributed by atoms with E-state index in [1.807, 2.05) is 0 Å². The number of aromatic nitrogens is 1. The summed E-state index contributed by atoms with van der Waals surface area (Å²) in [5, 5.41) is 9.26. The van der Waals surface area contributed by atoms with Crippen molar-refractivity contribution in [3.63, 3.8) is 0 Å². The number of hydrogen-bond acceptors (Lipinski definition) is 6. The van der Waals surface area contributed by atoms with E-state index in [2.05, 4.69) is 4.98 Å². The number of oxazole rings is 1. The third-order valence-corrected chi connectivity index (χ3v) is 7.89. The van der Waals surface area contributed by atoms with E-state index in [4.69, 9.17) is 9.15 Å². The fourth-order valence-electron chi connectivity index (χ4n) is 3.69. The third-order valence-electron chi connectivity index (χ3n) is 5.81. The standard InChI is InChI=1S/C25H28F3N3O6S/c1-5-30(6-2)38(34,35)31(13-22(32)33)12-17-8-7-9-18(10-17)36-14-21-16(4)37-25(29-21)19-11-20(26)15(3)23(27)24(19)28/h7-11H,5-6,12-14H2,1-4H3,(H,32,33). The van der Waals surface area contributed by atoms with Gasteiger partial charge in [0.25, 0.3) is 10.2 Å². The molecule has 2 aromatic carbocycles. The number of nitrogens with zero attached hydrogens (tertiary/aromatic N) is 3. The van der Waals surface area contributed by atoms with Crippen LogP contribution in [0.25, 0.3) is 11.5 Å². The molecule has 9 nitrogen and oxygen atoms in total. The molecule has 0 bridgehead atoms. The average Bonchev–Trinajstić information content (AvgIpc) is 3.23. The Hall–Kier alpha value is -3.42. The highest BCUT2D eigenvalue weighted by Crippen LogP contribution is 2.29. The predicted molar refractivity (Wildman–Crippen MR) is 132 cm³/mol. The maximum atomic E-state index is 14.4. The molecule has 1 N–H and O–H groups in total. The molecule has 0 unspecified atom stereocenters. The number of rotatable bonds is 12. The van der Waals surface area contributed by atoms with E-state index in [-0.39, 0.29) is 43.6 Å². The lowest BCUT2D eigenvalue weighted by atomic mass is 10.1. The molecule has 0 aliphatic rings. The molecule has 206 valence electrons. The molecule has 0 fully saturated rings. The zero-order valence-corrected chi connectivity index (χ0v) is 22.1. The molecule has 38 heavy (non-hydrogen) atoms. The molecule has 3 aromatic rings. The highest BCUT2D eigenvalue weighted by molar-refractivity contribution is 7.86. The molecule has 0 aliphatic carbocycles. The first kappa shape index (κ1) is 29.1. The second kappa shape index (κ2) is 12.0. The van der Waals surface area contributed by atoms with Crippen molar-refractivity contribution in [2.75, 3.05) is 19.6 Å². The molecule has 1 aromatic heterocycles. The SMILES string of the molecule is CCN(CC)S(=O)(=O)N(CC(=O)O)Cc1cccc(OCc2nc(-c3cc(F)c(C)c(F)c3F)oc2C)c1. The van der Waals surface area contributed by atoms with Gasteiger partial charge in [0.2, 0.25) is 5.89 Å². The van der Waals surface area contributed by atoms with Gasteiger partial charge >= 0.3 is 5.97 Å². The first-order valence-electron chi connectivity index (χ1n) is 11.7. The lowest BCUT2D eigenvalue weighted by Gasteiger charge is -2.27. The van der Waals surface area contributed by atoms with Crippen LogP contribution in [0.1, 0.15) is 36.4 Å². The molecule has 0 amide bonds. The van der Waals surface area contributed by atoms with Crippen molar-refractivity contribution in [3.8, 4) is 17.2 Å². The summed E-state index contributed by atoms with van der Waals surface area (Å²) in [6, 6.07) is 7.20. The number of carbonyl (C=O) groups is 1. The summed E-state index contributed by atoms with van der Waals surface area (Å²) >= 11 is 0. The van der Waals surface area contributed by atoms with Crippen molar-refractivity contribution in [3.05, 3.63) is 70.4 Å². The molecule has 0 radical (unpaired) electrons. The van der Waals surface area contributed by atoms with Crippen molar-refractivity contribution >= 4 is 16.2 Å². The van der Waals surface area contributed by atoms with Crippen LogP contribution in [0.4, 0.5) is 13.2 Å². The van der Waals surface area contributed by atoms with Crippen LogP contribution in [0.2, 0.25) is 0 Å². The van der Waals surface area contributed by atoms with Gasteiger partial charge in [-0.05, 0) is 37.6 Å². The Morgan fingerprint density at radius 1 is 1.08 bits per heavy atom. The van der Waals surface area contributed by atoms with Gasteiger partial charge in [0.05, 0.1) is 5.56 Å². The number of aliphatic carboxylic acids is 1. The first-order valence-corrected chi connectivity index (χ1v) is 13.1. The molecular formula is C25H28F3N3O6S. The topological polar surface area (TPSA) is 113 Å². The maximum absolute atomic E-state index is 14.4. The summed E-state index contributed by atoms with van der Waals surface area (Å²) in [5.41, 5.74) is -0.188. The van der Waals surface area contributed by atoms with Gasteiger partial charge in [-0.3, -0.25) is 4.79 Å². The van der Waals surface area contributed by atoms with Crippen LogP contribution in [0.15, 0.2) is 34.7 Å². The Kier molecular flexibility index (Phi) is 9.18. The Bertz CT molecular complexity index is 1420. The fourth-order valence-corrected chi connectivity index (χ4v) is 5.26. The van der Waals surface area contributed by atoms with E-state index in [9.17, 15) is 31.5 Å². The van der Waals surface area contributed by atoms with E-state index < -0.39 is 51.3 Å². The van der Waals surface area contributed by atoms with Crippen LogP contribution < -0.4 is 4.74 Å². The van der Waals surface area contributed by atoms with Crippen LogP contribution in [0.5, 0.6) is 5.75 Å². The lowest BCUT2D eigenvalue weighted by Crippen LogP contribution is -2.45. The van der Waals surface area contributed by atoms with Crippen molar-refractivity contribution < 1.29 is 40.6 Å². The number of ether oxygens (including phenoxy) is 1. The van der Waals surface area contributed by atoms with E-state index in [0.29, 0.717) is 11.3 Å². The molecule has 1 heterocycles. The number of benzene rings is 2. The Balaban J connectivity index is 1.79. The average molecular weight is 556 g/mol. The molecule has 13 heteroatoms. The van der Waals surface area contributed by atoms with Gasteiger partial charge < -0.3 is 14.3 Å². The van der Waals surface area contributed by atoms with Crippen molar-refractivity contribution in [1.29, 1.82) is 0 Å². The Labute approximate surface area is 218 Å². The summed E-state index contributed by atoms with van der Waals surface area (Å²) < 4.78 is 81.4. The molecule has 0 spiro atoms. The summed E-state index contributed by atoms with van der Waals surface area (Å²) in [6.45, 7) is 5.26. The van der Waals surface area contributed by atoms with Crippen molar-refractivity contribution in [1.82, 2.24) is 13.6 Å². The number of carboxylic acids is 1. The second-order valence-electron chi connectivity index (χ2n) is 8.37. The maximum Gasteiger partial charge on any atom is 0.318 e. The first-order chi connectivity index (χ1) is 17.9. The summed E-state index contributed by atoms with van der Waals surface area (Å²) in [7, 11) is -4.03. The third kappa shape index (κ3) is 6.34. The van der Waals surface area contributed by atoms with Crippen molar-refractivity contribution in [2.24, 2.45) is 0 Å². The van der Waals surface area contributed by atoms with Crippen LogP contribution in [-0.4, -0.2) is 52.7 Å². The second-order valence-corrected chi connectivity index (χ2v) is 10.3. The minimum absolute atomic E-state index is 0.145. The quantitative estimate of drug-likeness (QED) is 0.329. The Morgan fingerprint density at radius 3 is 2.39 bits per heavy atom. The summed E-state index contributed by atoms with van der Waals surface area (Å²) in [4.78, 5) is 15.5. The van der Waals surface area contributed by atoms with E-state index in [1.54, 1.807) is 38.1 Å². The van der Waals surface area contributed by atoms with E-state index in [1.165, 1.54) is 6.92 Å². The van der Waals surface area contributed by atoms with Gasteiger partial charge in [0, 0.05) is 25.2 Å². The predicted octanol–water partition coefficient (Wildman–Crippen LogP) is 4.43. The number of carboxylic acid groups (broad SMARTS) is 1. The van der Waals surface area contributed by atoms with E-state index in [0.717, 1.165) is 21.6 Å². The van der Waals surface area contributed by atoms with Crippen LogP contribution in [0.3, 0.4) is 0 Å². The van der Waals surface area contributed by atoms with Gasteiger partial charge in [-0.1, -0.05) is 26.0 Å². The molecule has 0 atom stereocenters. The molecule has 0 saturated heterocycles. The van der Waals surface area contributed by atoms with Crippen LogP contribution >= 0.6 is 0 Å². The van der Waals surface area contributed by atoms with Gasteiger partial charge in [0.15, 0.2) is 11.6 Å². The zero-order valence-electron chi connectivity index (χ0n) is 21.3. The number of halogens is 3. The highest BCUT2D eigenvalue weighted by atomic mass is 32.2. The number of aryl methyl sites for hydroxylation is 1. The van der Waals surface area contributed by atoms with Crippen LogP contribution in [0, 0.1) is 31.3 Å². The van der Waals surface area contributed by atoms with Crippen LogP contribution in [-0.2, 0) is 28.2 Å². The summed E-state index contributed by atoms with van der Waals surface area (Å²) in [5.74, 6) is -4.59. The molecule has 0 saturated carbocycles. The Morgan fingerprint density at radius 2 is 1.76 bits per heavy atom. The minimum atomic E-state index is -4.03. The van der Waals surface area contributed by atoms with Crippen molar-refractivity contribution in [2.45, 2.75) is 40.8 Å². The monoisotopic (exact) mass is 555 g/mol. The number of hydrogen-bond donors (Lipinski definition) is 1. The van der Waals surface area contributed by atoms with Gasteiger partial charge in [-0.15, -0.1) is 0 Å². The minimum Gasteiger partial charge on any atom is -0.487 e. The zero-order chi connectivity index (χ0) is 28.2. The fraction of sp³-hybridized carbons (Fsp3) is 0.360. The summed E-state index contributed by atoms with van der Waals surface area (Å²) in [6.07, 6.45) is 0. The highest BCUT2D eigenvalue weighted by Gasteiger charge is 2.29. The molecule has 0 aliphatic heterocycles.